The fraction of sp³-hybridized carbons (Fsp3) is 0. The van der Waals surface area contributed by atoms with E-state index in [0.29, 0.717) is 0 Å². The molecule has 8 nitrogen and oxygen atoms in total. The molecule has 2 rings (SSSR count). The van der Waals surface area contributed by atoms with Crippen LogP contribution in [0.15, 0.2) is 53.4 Å². The summed E-state index contributed by atoms with van der Waals surface area (Å²) in [6.45, 7) is 0. The van der Waals surface area contributed by atoms with E-state index in [9.17, 15) is 18.5 Å². The first-order valence-corrected chi connectivity index (χ1v) is 7.51. The third kappa shape index (κ3) is 3.61. The van der Waals surface area contributed by atoms with E-state index in [1.165, 1.54) is 24.3 Å². The number of nitrogens with zero attached hydrogens (tertiary/aromatic N) is 1. The van der Waals surface area contributed by atoms with Crippen molar-refractivity contribution >= 4 is 34.0 Å². The van der Waals surface area contributed by atoms with Crippen molar-refractivity contribution in [2.24, 2.45) is 0 Å². The molecule has 0 fully saturated rings. The first-order valence-electron chi connectivity index (χ1n) is 6.03. The van der Waals surface area contributed by atoms with Crippen LogP contribution < -0.4 is 10.2 Å². The topological polar surface area (TPSA) is 130 Å². The number of hydrogen-bond donors (Lipinski definition) is 3. The minimum Gasteiger partial charge on any atom is -0.423 e. The zero-order valence-corrected chi connectivity index (χ0v) is 11.9. The van der Waals surface area contributed by atoms with Crippen LogP contribution in [0.25, 0.3) is 0 Å². The Balaban J connectivity index is 2.43. The van der Waals surface area contributed by atoms with Gasteiger partial charge in [0.15, 0.2) is 0 Å². The maximum Gasteiger partial charge on any atom is 0.488 e. The van der Waals surface area contributed by atoms with Gasteiger partial charge < -0.3 is 10.0 Å². The highest BCUT2D eigenvalue weighted by molar-refractivity contribution is 7.92. The molecule has 3 N–H and O–H groups in total. The monoisotopic (exact) mass is 322 g/mol. The molecule has 2 aromatic carbocycles. The van der Waals surface area contributed by atoms with E-state index in [4.69, 9.17) is 10.0 Å². The van der Waals surface area contributed by atoms with E-state index in [0.717, 1.165) is 18.2 Å². The smallest absolute Gasteiger partial charge is 0.423 e. The van der Waals surface area contributed by atoms with Gasteiger partial charge in [-0.15, -0.1) is 0 Å². The normalized spacial score (nSPS) is 11.0. The van der Waals surface area contributed by atoms with Gasteiger partial charge in [-0.1, -0.05) is 18.2 Å². The minimum absolute atomic E-state index is 0.0207. The van der Waals surface area contributed by atoms with Crippen LogP contribution in [0.3, 0.4) is 0 Å². The highest BCUT2D eigenvalue weighted by Crippen LogP contribution is 2.20. The van der Waals surface area contributed by atoms with Crippen LogP contribution in [0.4, 0.5) is 11.4 Å². The molecule has 0 radical (unpaired) electrons. The molecule has 2 aromatic rings. The molecule has 0 aliphatic heterocycles. The van der Waals surface area contributed by atoms with E-state index < -0.39 is 27.8 Å². The van der Waals surface area contributed by atoms with Crippen LogP contribution in [0.1, 0.15) is 0 Å². The van der Waals surface area contributed by atoms with Crippen molar-refractivity contribution in [3.63, 3.8) is 0 Å². The second-order valence-electron chi connectivity index (χ2n) is 4.36. The number of hydrogen-bond acceptors (Lipinski definition) is 6. The maximum absolute atomic E-state index is 12.2. The maximum atomic E-state index is 12.2. The van der Waals surface area contributed by atoms with Gasteiger partial charge in [0.25, 0.3) is 15.7 Å². The van der Waals surface area contributed by atoms with Gasteiger partial charge in [0.1, 0.15) is 0 Å². The third-order valence-electron chi connectivity index (χ3n) is 2.75. The summed E-state index contributed by atoms with van der Waals surface area (Å²) in [5.74, 6) is 0. The van der Waals surface area contributed by atoms with Crippen LogP contribution in [0.5, 0.6) is 0 Å². The second-order valence-corrected chi connectivity index (χ2v) is 6.04. The van der Waals surface area contributed by atoms with E-state index in [2.05, 4.69) is 4.72 Å². The van der Waals surface area contributed by atoms with E-state index in [1.54, 1.807) is 6.07 Å². The van der Waals surface area contributed by atoms with E-state index in [1.807, 2.05) is 0 Å². The molecule has 0 saturated carbocycles. The number of benzene rings is 2. The first-order chi connectivity index (χ1) is 10.3. The van der Waals surface area contributed by atoms with E-state index >= 15 is 0 Å². The van der Waals surface area contributed by atoms with Gasteiger partial charge in [-0.3, -0.25) is 14.8 Å². The number of sulfonamides is 1. The zero-order chi connectivity index (χ0) is 16.3. The van der Waals surface area contributed by atoms with Crippen molar-refractivity contribution in [2.45, 2.75) is 4.90 Å². The Labute approximate surface area is 126 Å². The summed E-state index contributed by atoms with van der Waals surface area (Å²) in [7, 11) is -5.89. The van der Waals surface area contributed by atoms with E-state index in [-0.39, 0.29) is 16.0 Å². The standard InChI is InChI=1S/C12H11BN2O6S/c16-13(17)9-6-10(8-11(7-9)15(18)19)14-22(20,21)12-4-2-1-3-5-12/h1-8,14,16-17H. The fourth-order valence-corrected chi connectivity index (χ4v) is 2.82. The Morgan fingerprint density at radius 2 is 1.73 bits per heavy atom. The number of nitro groups is 1. The molecule has 0 saturated heterocycles. The number of rotatable bonds is 5. The van der Waals surface area contributed by atoms with Gasteiger partial charge in [-0.05, 0) is 23.7 Å². The van der Waals surface area contributed by atoms with Gasteiger partial charge in [0, 0.05) is 12.1 Å². The lowest BCUT2D eigenvalue weighted by molar-refractivity contribution is -0.384. The molecule has 0 aromatic heterocycles. The minimum atomic E-state index is -3.93. The van der Waals surface area contributed by atoms with Crippen LogP contribution >= 0.6 is 0 Å². The summed E-state index contributed by atoms with van der Waals surface area (Å²) in [5, 5.41) is 29.1. The fourth-order valence-electron chi connectivity index (χ4n) is 1.76. The average Bonchev–Trinajstić information content (AvgIpc) is 2.47. The predicted octanol–water partition coefficient (Wildman–Crippen LogP) is 0.0754. The summed E-state index contributed by atoms with van der Waals surface area (Å²) in [4.78, 5) is 10.1. The molecule has 114 valence electrons. The number of nitro benzene ring substituents is 1. The third-order valence-corrected chi connectivity index (χ3v) is 4.15. The summed E-state index contributed by atoms with van der Waals surface area (Å²) < 4.78 is 26.5. The van der Waals surface area contributed by atoms with Crippen LogP contribution in [-0.2, 0) is 10.0 Å². The molecule has 0 aliphatic carbocycles. The molecular formula is C12H11BN2O6S. The molecule has 0 amide bonds. The lowest BCUT2D eigenvalue weighted by Gasteiger charge is -2.09. The molecule has 0 bridgehead atoms. The van der Waals surface area contributed by atoms with Crippen molar-refractivity contribution in [3.8, 4) is 0 Å². The van der Waals surface area contributed by atoms with Gasteiger partial charge >= 0.3 is 7.12 Å². The van der Waals surface area contributed by atoms with Crippen LogP contribution in [-0.4, -0.2) is 30.5 Å². The molecule has 0 unspecified atom stereocenters. The summed E-state index contributed by atoms with van der Waals surface area (Å²) >= 11 is 0. The van der Waals surface area contributed by atoms with Crippen molar-refractivity contribution in [2.75, 3.05) is 4.72 Å². The largest absolute Gasteiger partial charge is 0.488 e. The Morgan fingerprint density at radius 3 is 2.27 bits per heavy atom. The molecule has 0 atom stereocenters. The number of non-ortho nitro benzene ring substituents is 1. The summed E-state index contributed by atoms with van der Waals surface area (Å²) in [5.41, 5.74) is -0.794. The molecule has 22 heavy (non-hydrogen) atoms. The second kappa shape index (κ2) is 6.14. The van der Waals surface area contributed by atoms with Gasteiger partial charge in [0.2, 0.25) is 0 Å². The van der Waals surface area contributed by atoms with Gasteiger partial charge in [-0.2, -0.15) is 0 Å². The summed E-state index contributed by atoms with van der Waals surface area (Å²) in [6.07, 6.45) is 0. The quantitative estimate of drug-likeness (QED) is 0.406. The van der Waals surface area contributed by atoms with Crippen LogP contribution in [0.2, 0.25) is 0 Å². The van der Waals surface area contributed by atoms with Crippen molar-refractivity contribution in [3.05, 3.63) is 58.6 Å². The van der Waals surface area contributed by atoms with Crippen molar-refractivity contribution in [1.82, 2.24) is 0 Å². The van der Waals surface area contributed by atoms with Crippen LogP contribution in [0, 0.1) is 10.1 Å². The first kappa shape index (κ1) is 16.0. The highest BCUT2D eigenvalue weighted by atomic mass is 32.2. The van der Waals surface area contributed by atoms with Crippen molar-refractivity contribution in [1.29, 1.82) is 0 Å². The van der Waals surface area contributed by atoms with Gasteiger partial charge in [0.05, 0.1) is 15.5 Å². The molecule has 0 aliphatic rings. The SMILES string of the molecule is O=[N+]([O-])c1cc(NS(=O)(=O)c2ccccc2)cc(B(O)O)c1. The Kier molecular flexibility index (Phi) is 4.45. The lowest BCUT2D eigenvalue weighted by atomic mass is 9.80. The Hall–Kier alpha value is -2.43. The highest BCUT2D eigenvalue weighted by Gasteiger charge is 2.20. The zero-order valence-electron chi connectivity index (χ0n) is 11.1. The Bertz CT molecular complexity index is 795. The molecular weight excluding hydrogens is 311 g/mol. The number of nitrogens with one attached hydrogen (secondary N) is 1. The Morgan fingerprint density at radius 1 is 1.09 bits per heavy atom. The average molecular weight is 322 g/mol. The van der Waals surface area contributed by atoms with Gasteiger partial charge in [-0.25, -0.2) is 8.42 Å². The molecule has 0 spiro atoms. The molecule has 10 heteroatoms. The lowest BCUT2D eigenvalue weighted by Crippen LogP contribution is -2.30. The summed E-state index contributed by atoms with van der Waals surface area (Å²) in [6, 6.07) is 10.5. The predicted molar refractivity (Wildman–Crippen MR) is 80.2 cm³/mol. The number of anilines is 1. The molecule has 0 heterocycles. The van der Waals surface area contributed by atoms with Crippen molar-refractivity contribution < 1.29 is 23.4 Å².